The number of sulfonamides is 1. The Kier molecular flexibility index (Phi) is 5.29. The lowest BCUT2D eigenvalue weighted by atomic mass is 10.1. The molecule has 0 saturated heterocycles. The van der Waals surface area contributed by atoms with E-state index in [-0.39, 0.29) is 11.6 Å². The van der Waals surface area contributed by atoms with Crippen LogP contribution in [-0.4, -0.2) is 36.6 Å². The van der Waals surface area contributed by atoms with Crippen LogP contribution in [-0.2, 0) is 16.6 Å². The highest BCUT2D eigenvalue weighted by atomic mass is 32.2. The zero-order valence-electron chi connectivity index (χ0n) is 14.9. The molecule has 0 spiro atoms. The Morgan fingerprint density at radius 2 is 1.50 bits per heavy atom. The Morgan fingerprint density at radius 3 is 1.96 bits per heavy atom. The molecule has 3 aromatic rings. The van der Waals surface area contributed by atoms with Crippen LogP contribution in [0.4, 0.5) is 8.78 Å². The van der Waals surface area contributed by atoms with Crippen LogP contribution >= 0.6 is 0 Å². The fourth-order valence-electron chi connectivity index (χ4n) is 3.39. The van der Waals surface area contributed by atoms with Gasteiger partial charge in [-0.15, -0.1) is 0 Å². The maximum Gasteiger partial charge on any atom is 0.211 e. The molecule has 2 aromatic carbocycles. The number of halogens is 2. The molecule has 1 heterocycles. The van der Waals surface area contributed by atoms with Gasteiger partial charge in [0.25, 0.3) is 0 Å². The minimum atomic E-state index is -3.24. The molecular formula is C19H22F2N2O2S. The number of aryl methyl sites for hydroxylation is 1. The molecular weight excluding hydrogens is 358 g/mol. The number of fused-ring (bicyclic) bond motifs is 3. The molecule has 0 radical (unpaired) electrons. The SMILES string of the molecule is CCCN(CCCn1c2ccc(F)cc2c2cc(F)ccc21)S(C)(=O)=O. The first-order chi connectivity index (χ1) is 12.3. The number of aromatic nitrogens is 1. The van der Waals surface area contributed by atoms with Crippen molar-refractivity contribution in [3.05, 3.63) is 48.0 Å². The van der Waals surface area contributed by atoms with Crippen LogP contribution in [0.5, 0.6) is 0 Å². The number of hydrogen-bond acceptors (Lipinski definition) is 2. The van der Waals surface area contributed by atoms with Crippen molar-refractivity contribution < 1.29 is 17.2 Å². The van der Waals surface area contributed by atoms with E-state index in [4.69, 9.17) is 0 Å². The van der Waals surface area contributed by atoms with Gasteiger partial charge >= 0.3 is 0 Å². The van der Waals surface area contributed by atoms with Gasteiger partial charge in [-0.2, -0.15) is 0 Å². The number of benzene rings is 2. The van der Waals surface area contributed by atoms with Gasteiger partial charge < -0.3 is 4.57 Å². The van der Waals surface area contributed by atoms with E-state index in [1.54, 1.807) is 12.1 Å². The van der Waals surface area contributed by atoms with E-state index < -0.39 is 10.0 Å². The molecule has 0 amide bonds. The maximum atomic E-state index is 13.7. The van der Waals surface area contributed by atoms with E-state index in [9.17, 15) is 17.2 Å². The van der Waals surface area contributed by atoms with Crippen LogP contribution in [0.15, 0.2) is 36.4 Å². The lowest BCUT2D eigenvalue weighted by Crippen LogP contribution is -2.32. The summed E-state index contributed by atoms with van der Waals surface area (Å²) < 4.78 is 54.5. The Bertz CT molecular complexity index is 985. The summed E-state index contributed by atoms with van der Waals surface area (Å²) in [4.78, 5) is 0. The van der Waals surface area contributed by atoms with Crippen molar-refractivity contribution >= 4 is 31.8 Å². The van der Waals surface area contributed by atoms with Crippen molar-refractivity contribution in [3.63, 3.8) is 0 Å². The van der Waals surface area contributed by atoms with Gasteiger partial charge in [-0.25, -0.2) is 21.5 Å². The zero-order chi connectivity index (χ0) is 18.9. The summed E-state index contributed by atoms with van der Waals surface area (Å²) in [5.41, 5.74) is 1.63. The highest BCUT2D eigenvalue weighted by molar-refractivity contribution is 7.88. The molecule has 140 valence electrons. The largest absolute Gasteiger partial charge is 0.340 e. The van der Waals surface area contributed by atoms with Gasteiger partial charge in [0.2, 0.25) is 10.0 Å². The summed E-state index contributed by atoms with van der Waals surface area (Å²) in [5.74, 6) is -0.737. The standard InChI is InChI=1S/C19H22F2N2O2S/c1-3-9-22(26(2,24)25)10-4-11-23-18-7-5-14(20)12-16(18)17-13-15(21)6-8-19(17)23/h5-8,12-13H,3-4,9-11H2,1-2H3. The lowest BCUT2D eigenvalue weighted by molar-refractivity contribution is 0.399. The van der Waals surface area contributed by atoms with Crippen molar-refractivity contribution in [1.82, 2.24) is 8.87 Å². The van der Waals surface area contributed by atoms with Gasteiger partial charge in [-0.3, -0.25) is 0 Å². The minimum absolute atomic E-state index is 0.369. The third-order valence-electron chi connectivity index (χ3n) is 4.52. The summed E-state index contributed by atoms with van der Waals surface area (Å²) in [7, 11) is -3.24. The van der Waals surface area contributed by atoms with Crippen molar-refractivity contribution in [2.75, 3.05) is 19.3 Å². The fraction of sp³-hybridized carbons (Fsp3) is 0.368. The molecule has 0 N–H and O–H groups in total. The van der Waals surface area contributed by atoms with Gasteiger partial charge in [0, 0.05) is 41.4 Å². The fourth-order valence-corrected chi connectivity index (χ4v) is 4.36. The molecule has 26 heavy (non-hydrogen) atoms. The monoisotopic (exact) mass is 380 g/mol. The predicted octanol–water partition coefficient (Wildman–Crippen LogP) is 4.13. The molecule has 0 fully saturated rings. The molecule has 0 atom stereocenters. The normalized spacial score (nSPS) is 12.5. The van der Waals surface area contributed by atoms with Gasteiger partial charge in [0.15, 0.2) is 0 Å². The van der Waals surface area contributed by atoms with E-state index in [2.05, 4.69) is 0 Å². The number of nitrogens with zero attached hydrogens (tertiary/aromatic N) is 2. The molecule has 0 saturated carbocycles. The van der Waals surface area contributed by atoms with E-state index in [0.29, 0.717) is 36.8 Å². The second-order valence-corrected chi connectivity index (χ2v) is 8.47. The molecule has 4 nitrogen and oxygen atoms in total. The Labute approximate surface area is 152 Å². The first-order valence-corrected chi connectivity index (χ1v) is 10.5. The highest BCUT2D eigenvalue weighted by Gasteiger charge is 2.16. The quantitative estimate of drug-likeness (QED) is 0.618. The van der Waals surface area contributed by atoms with E-state index >= 15 is 0 Å². The molecule has 1 aromatic heterocycles. The van der Waals surface area contributed by atoms with Crippen molar-refractivity contribution in [2.24, 2.45) is 0 Å². The van der Waals surface area contributed by atoms with Gasteiger partial charge in [-0.05, 0) is 49.2 Å². The summed E-state index contributed by atoms with van der Waals surface area (Å²) in [6, 6.07) is 8.95. The van der Waals surface area contributed by atoms with Crippen LogP contribution in [0.1, 0.15) is 19.8 Å². The van der Waals surface area contributed by atoms with E-state index in [1.807, 2.05) is 11.5 Å². The van der Waals surface area contributed by atoms with Crippen molar-refractivity contribution in [3.8, 4) is 0 Å². The smallest absolute Gasteiger partial charge is 0.211 e. The van der Waals surface area contributed by atoms with E-state index in [1.165, 1.54) is 34.8 Å². The van der Waals surface area contributed by atoms with Crippen LogP contribution in [0, 0.1) is 11.6 Å². The van der Waals surface area contributed by atoms with Crippen molar-refractivity contribution in [2.45, 2.75) is 26.3 Å². The Balaban J connectivity index is 1.94. The zero-order valence-corrected chi connectivity index (χ0v) is 15.7. The van der Waals surface area contributed by atoms with Gasteiger partial charge in [-0.1, -0.05) is 6.92 Å². The summed E-state index contributed by atoms with van der Waals surface area (Å²) >= 11 is 0. The first-order valence-electron chi connectivity index (χ1n) is 8.63. The second kappa shape index (κ2) is 7.32. The van der Waals surface area contributed by atoms with Crippen LogP contribution < -0.4 is 0 Å². The lowest BCUT2D eigenvalue weighted by Gasteiger charge is -2.19. The minimum Gasteiger partial charge on any atom is -0.340 e. The summed E-state index contributed by atoms with van der Waals surface area (Å²) in [6.07, 6.45) is 2.58. The van der Waals surface area contributed by atoms with Gasteiger partial charge in [0.05, 0.1) is 6.26 Å². The number of hydrogen-bond donors (Lipinski definition) is 0. The predicted molar refractivity (Wildman–Crippen MR) is 101 cm³/mol. The molecule has 0 aliphatic heterocycles. The van der Waals surface area contributed by atoms with Gasteiger partial charge in [0.1, 0.15) is 11.6 Å². The first kappa shape index (κ1) is 18.8. The summed E-state index contributed by atoms with van der Waals surface area (Å²) in [5, 5.41) is 1.32. The average Bonchev–Trinajstić information content (AvgIpc) is 2.86. The molecule has 0 unspecified atom stereocenters. The van der Waals surface area contributed by atoms with Crippen LogP contribution in [0.3, 0.4) is 0 Å². The van der Waals surface area contributed by atoms with Crippen LogP contribution in [0.2, 0.25) is 0 Å². The Morgan fingerprint density at radius 1 is 0.962 bits per heavy atom. The highest BCUT2D eigenvalue weighted by Crippen LogP contribution is 2.30. The maximum absolute atomic E-state index is 13.7. The Hall–Kier alpha value is -1.99. The average molecular weight is 380 g/mol. The third-order valence-corrected chi connectivity index (χ3v) is 5.82. The molecule has 3 rings (SSSR count). The molecule has 0 bridgehead atoms. The summed E-state index contributed by atoms with van der Waals surface area (Å²) in [6.45, 7) is 3.40. The second-order valence-electron chi connectivity index (χ2n) is 6.49. The molecule has 0 aliphatic carbocycles. The third kappa shape index (κ3) is 3.73. The van der Waals surface area contributed by atoms with Crippen molar-refractivity contribution in [1.29, 1.82) is 0 Å². The number of rotatable bonds is 7. The molecule has 0 aliphatic rings. The van der Waals surface area contributed by atoms with E-state index in [0.717, 1.165) is 17.5 Å². The molecule has 7 heteroatoms. The van der Waals surface area contributed by atoms with Crippen LogP contribution in [0.25, 0.3) is 21.8 Å². The topological polar surface area (TPSA) is 42.3 Å².